The van der Waals surface area contributed by atoms with E-state index in [1.54, 1.807) is 7.11 Å². The molecule has 0 saturated carbocycles. The van der Waals surface area contributed by atoms with Crippen molar-refractivity contribution in [1.29, 1.82) is 0 Å². The molecule has 0 amide bonds. The molecule has 0 N–H and O–H groups in total. The molecule has 2 rings (SSSR count). The van der Waals surface area contributed by atoms with Crippen LogP contribution in [-0.4, -0.2) is 13.7 Å². The molecule has 0 unspecified atom stereocenters. The van der Waals surface area contributed by atoms with Gasteiger partial charge in [0.25, 0.3) is 0 Å². The number of hydrogen-bond acceptors (Lipinski definition) is 2. The molecule has 0 aliphatic carbocycles. The summed E-state index contributed by atoms with van der Waals surface area (Å²) in [5.41, 5.74) is 2.37. The molecule has 0 fully saturated rings. The third kappa shape index (κ3) is 4.18. The number of methoxy groups -OCH3 is 1. The van der Waals surface area contributed by atoms with Crippen molar-refractivity contribution in [3.8, 4) is 11.5 Å². The van der Waals surface area contributed by atoms with E-state index in [0.717, 1.165) is 17.1 Å². The molecule has 0 aliphatic heterocycles. The Morgan fingerprint density at radius 2 is 1.53 bits per heavy atom. The van der Waals surface area contributed by atoms with Gasteiger partial charge in [0, 0.05) is 0 Å². The quantitative estimate of drug-likeness (QED) is 0.800. The van der Waals surface area contributed by atoms with E-state index >= 15 is 0 Å². The van der Waals surface area contributed by atoms with Crippen molar-refractivity contribution in [3.05, 3.63) is 65.7 Å². The average molecular weight is 254 g/mol. The van der Waals surface area contributed by atoms with Crippen molar-refractivity contribution in [2.24, 2.45) is 0 Å². The minimum Gasteiger partial charge on any atom is -0.497 e. The second kappa shape index (κ2) is 6.64. The maximum Gasteiger partial charge on any atom is 0.119 e. The maximum atomic E-state index is 5.62. The summed E-state index contributed by atoms with van der Waals surface area (Å²) in [6, 6.07) is 16.0. The highest BCUT2D eigenvalue weighted by molar-refractivity contribution is 5.50. The Balaban J connectivity index is 1.84. The van der Waals surface area contributed by atoms with Crippen molar-refractivity contribution >= 4 is 6.08 Å². The van der Waals surface area contributed by atoms with Crippen LogP contribution in [0.1, 0.15) is 11.1 Å². The SMILES string of the molecule is COc1ccc(C=CCOc2ccc(C)cc2)cc1. The Morgan fingerprint density at radius 3 is 2.16 bits per heavy atom. The Bertz CT molecular complexity index is 524. The zero-order valence-electron chi connectivity index (χ0n) is 11.3. The fourth-order valence-electron chi connectivity index (χ4n) is 1.68. The van der Waals surface area contributed by atoms with Gasteiger partial charge in [0.05, 0.1) is 7.11 Å². The Morgan fingerprint density at radius 1 is 0.895 bits per heavy atom. The first kappa shape index (κ1) is 13.2. The van der Waals surface area contributed by atoms with Crippen molar-refractivity contribution in [1.82, 2.24) is 0 Å². The third-order valence-electron chi connectivity index (χ3n) is 2.79. The smallest absolute Gasteiger partial charge is 0.119 e. The largest absolute Gasteiger partial charge is 0.497 e. The van der Waals surface area contributed by atoms with Crippen LogP contribution in [0.15, 0.2) is 54.6 Å². The van der Waals surface area contributed by atoms with E-state index in [1.165, 1.54) is 5.56 Å². The molecule has 19 heavy (non-hydrogen) atoms. The van der Waals surface area contributed by atoms with Crippen molar-refractivity contribution in [3.63, 3.8) is 0 Å². The molecule has 2 nitrogen and oxygen atoms in total. The molecule has 0 spiro atoms. The van der Waals surface area contributed by atoms with E-state index in [1.807, 2.05) is 60.7 Å². The Kier molecular flexibility index (Phi) is 4.62. The molecular weight excluding hydrogens is 236 g/mol. The van der Waals surface area contributed by atoms with Gasteiger partial charge in [-0.15, -0.1) is 0 Å². The lowest BCUT2D eigenvalue weighted by atomic mass is 10.2. The van der Waals surface area contributed by atoms with Crippen molar-refractivity contribution in [2.45, 2.75) is 6.92 Å². The van der Waals surface area contributed by atoms with Crippen LogP contribution in [0, 0.1) is 6.92 Å². The fraction of sp³-hybridized carbons (Fsp3) is 0.176. The zero-order valence-corrected chi connectivity index (χ0v) is 11.3. The maximum absolute atomic E-state index is 5.62. The summed E-state index contributed by atoms with van der Waals surface area (Å²) in [5, 5.41) is 0. The Labute approximate surface area is 114 Å². The number of rotatable bonds is 5. The molecule has 0 aromatic heterocycles. The first-order valence-electron chi connectivity index (χ1n) is 6.28. The molecule has 0 heterocycles. The van der Waals surface area contributed by atoms with E-state index in [-0.39, 0.29) is 0 Å². The van der Waals surface area contributed by atoms with Gasteiger partial charge in [0.1, 0.15) is 18.1 Å². The predicted octanol–water partition coefficient (Wildman–Crippen LogP) is 4.10. The van der Waals surface area contributed by atoms with Gasteiger partial charge in [0.15, 0.2) is 0 Å². The van der Waals surface area contributed by atoms with Gasteiger partial charge in [-0.2, -0.15) is 0 Å². The summed E-state index contributed by atoms with van der Waals surface area (Å²) >= 11 is 0. The normalized spacial score (nSPS) is 10.6. The van der Waals surface area contributed by atoms with Gasteiger partial charge >= 0.3 is 0 Å². The van der Waals surface area contributed by atoms with Gasteiger partial charge in [-0.25, -0.2) is 0 Å². The molecule has 2 aromatic rings. The summed E-state index contributed by atoms with van der Waals surface area (Å²) in [7, 11) is 1.67. The van der Waals surface area contributed by atoms with Crippen molar-refractivity contribution < 1.29 is 9.47 Å². The average Bonchev–Trinajstić information content (AvgIpc) is 2.46. The molecule has 2 heteroatoms. The number of benzene rings is 2. The topological polar surface area (TPSA) is 18.5 Å². The summed E-state index contributed by atoms with van der Waals surface area (Å²) in [6.45, 7) is 2.63. The van der Waals surface area contributed by atoms with Crippen LogP contribution < -0.4 is 9.47 Å². The van der Waals surface area contributed by atoms with Crippen LogP contribution in [0.3, 0.4) is 0 Å². The number of aryl methyl sites for hydroxylation is 1. The Hall–Kier alpha value is -2.22. The third-order valence-corrected chi connectivity index (χ3v) is 2.79. The minimum absolute atomic E-state index is 0.565. The second-order valence-electron chi connectivity index (χ2n) is 4.30. The first-order valence-corrected chi connectivity index (χ1v) is 6.28. The lowest BCUT2D eigenvalue weighted by Crippen LogP contribution is -1.92. The zero-order chi connectivity index (χ0) is 13.5. The molecule has 0 saturated heterocycles. The van der Waals surface area contributed by atoms with E-state index < -0.39 is 0 Å². The van der Waals surface area contributed by atoms with Crippen LogP contribution in [0.25, 0.3) is 6.08 Å². The second-order valence-corrected chi connectivity index (χ2v) is 4.30. The van der Waals surface area contributed by atoms with Crippen LogP contribution in [0.4, 0.5) is 0 Å². The summed E-state index contributed by atoms with van der Waals surface area (Å²) in [4.78, 5) is 0. The fourth-order valence-corrected chi connectivity index (χ4v) is 1.68. The van der Waals surface area contributed by atoms with Gasteiger partial charge in [-0.05, 0) is 42.8 Å². The summed E-state index contributed by atoms with van der Waals surface area (Å²) < 4.78 is 10.7. The molecule has 0 atom stereocenters. The van der Waals surface area contributed by atoms with Crippen LogP contribution in [0.2, 0.25) is 0 Å². The summed E-state index contributed by atoms with van der Waals surface area (Å²) in [6.07, 6.45) is 4.04. The van der Waals surface area contributed by atoms with E-state index in [9.17, 15) is 0 Å². The summed E-state index contributed by atoms with van der Waals surface area (Å²) in [5.74, 6) is 1.76. The van der Waals surface area contributed by atoms with Crippen LogP contribution >= 0.6 is 0 Å². The van der Waals surface area contributed by atoms with Gasteiger partial charge in [0.2, 0.25) is 0 Å². The van der Waals surface area contributed by atoms with Gasteiger partial charge in [-0.1, -0.05) is 35.9 Å². The molecule has 0 bridgehead atoms. The monoisotopic (exact) mass is 254 g/mol. The lowest BCUT2D eigenvalue weighted by molar-refractivity contribution is 0.363. The van der Waals surface area contributed by atoms with E-state index in [0.29, 0.717) is 6.61 Å². The van der Waals surface area contributed by atoms with Gasteiger partial charge < -0.3 is 9.47 Å². The molecular formula is C17H18O2. The highest BCUT2D eigenvalue weighted by Gasteiger charge is 1.92. The minimum atomic E-state index is 0.565. The standard InChI is InChI=1S/C17H18O2/c1-14-5-9-17(10-6-14)19-13-3-4-15-7-11-16(18-2)12-8-15/h3-12H,13H2,1-2H3. The van der Waals surface area contributed by atoms with Crippen molar-refractivity contribution in [2.75, 3.05) is 13.7 Å². The predicted molar refractivity (Wildman–Crippen MR) is 78.7 cm³/mol. The lowest BCUT2D eigenvalue weighted by Gasteiger charge is -2.03. The van der Waals surface area contributed by atoms with Gasteiger partial charge in [-0.3, -0.25) is 0 Å². The van der Waals surface area contributed by atoms with E-state index in [2.05, 4.69) is 6.92 Å². The number of hydrogen-bond donors (Lipinski definition) is 0. The molecule has 0 radical (unpaired) electrons. The molecule has 98 valence electrons. The van der Waals surface area contributed by atoms with Crippen LogP contribution in [0.5, 0.6) is 11.5 Å². The molecule has 2 aromatic carbocycles. The number of ether oxygens (including phenoxy) is 2. The van der Waals surface area contributed by atoms with E-state index in [4.69, 9.17) is 9.47 Å². The highest BCUT2D eigenvalue weighted by Crippen LogP contribution is 2.13. The highest BCUT2D eigenvalue weighted by atomic mass is 16.5. The van der Waals surface area contributed by atoms with Crippen LogP contribution in [-0.2, 0) is 0 Å². The molecule has 0 aliphatic rings. The first-order chi connectivity index (χ1) is 9.28.